The lowest BCUT2D eigenvalue weighted by molar-refractivity contribution is -0.128. The number of urea groups is 1. The van der Waals surface area contributed by atoms with Gasteiger partial charge in [0.1, 0.15) is 24.3 Å². The van der Waals surface area contributed by atoms with Gasteiger partial charge in [-0.3, -0.25) is 19.2 Å². The summed E-state index contributed by atoms with van der Waals surface area (Å²) in [5.41, 5.74) is 1.24. The molecule has 0 aromatic heterocycles. The molecule has 0 heterocycles. The molecule has 204 valence electrons. The molecular formula is C26H38N4O7. The van der Waals surface area contributed by atoms with Crippen LogP contribution in [0.25, 0.3) is 0 Å². The number of aldehydes is 1. The average Bonchev–Trinajstić information content (AvgIpc) is 2.83. The molecule has 1 aromatic carbocycles. The van der Waals surface area contributed by atoms with E-state index in [2.05, 4.69) is 21.3 Å². The Morgan fingerprint density at radius 1 is 0.784 bits per heavy atom. The second-order valence-electron chi connectivity index (χ2n) is 8.53. The van der Waals surface area contributed by atoms with Gasteiger partial charge in [0.2, 0.25) is 11.8 Å². The molecule has 0 radical (unpaired) electrons. The molecule has 1 aromatic rings. The number of amides is 4. The molecule has 0 aliphatic carbocycles. The first-order chi connectivity index (χ1) is 17.8. The van der Waals surface area contributed by atoms with E-state index in [1.54, 1.807) is 24.3 Å². The molecule has 4 amide bonds. The summed E-state index contributed by atoms with van der Waals surface area (Å²) < 4.78 is 5.40. The first-order valence-electron chi connectivity index (χ1n) is 12.5. The Hall–Kier alpha value is -3.60. The van der Waals surface area contributed by atoms with Crippen LogP contribution in [-0.2, 0) is 35.1 Å². The predicted molar refractivity (Wildman–Crippen MR) is 138 cm³/mol. The van der Waals surface area contributed by atoms with E-state index in [1.807, 2.05) is 0 Å². The van der Waals surface area contributed by atoms with E-state index in [-0.39, 0.29) is 50.0 Å². The van der Waals surface area contributed by atoms with Crippen molar-refractivity contribution in [1.29, 1.82) is 0 Å². The fourth-order valence-electron chi connectivity index (χ4n) is 3.22. The van der Waals surface area contributed by atoms with Crippen LogP contribution in [0.2, 0.25) is 0 Å². The lowest BCUT2D eigenvalue weighted by atomic mass is 10.1. The van der Waals surface area contributed by atoms with Crippen molar-refractivity contribution in [2.24, 2.45) is 0 Å². The van der Waals surface area contributed by atoms with Crippen LogP contribution in [0.3, 0.4) is 0 Å². The number of hydrogen-bond acceptors (Lipinski definition) is 7. The Bertz CT molecular complexity index is 887. The van der Waals surface area contributed by atoms with E-state index in [0.717, 1.165) is 31.1 Å². The van der Waals surface area contributed by atoms with Crippen molar-refractivity contribution in [3.8, 4) is 0 Å². The molecule has 4 N–H and O–H groups in total. The van der Waals surface area contributed by atoms with Gasteiger partial charge in [-0.15, -0.1) is 0 Å². The summed E-state index contributed by atoms with van der Waals surface area (Å²) in [5, 5.41) is 10.7. The molecule has 37 heavy (non-hydrogen) atoms. The van der Waals surface area contributed by atoms with Crippen LogP contribution in [0.1, 0.15) is 57.4 Å². The Morgan fingerprint density at radius 3 is 2.16 bits per heavy atom. The standard InChI is InChI=1S/C26H38N4O7/c1-20(32)17-23(33)18-21-7-9-22(10-8-21)30-25(35)19-24(34)27-13-16-37-15-6-12-29-26(36)28-11-4-2-3-5-14-31/h7-10,14H,2-6,11-13,15-19H2,1H3,(H,27,34)(H,30,35)(H2,28,29,36). The molecule has 0 aliphatic heterocycles. The van der Waals surface area contributed by atoms with Gasteiger partial charge in [0.25, 0.3) is 0 Å². The quantitative estimate of drug-likeness (QED) is 0.116. The van der Waals surface area contributed by atoms with Gasteiger partial charge >= 0.3 is 6.03 Å². The Labute approximate surface area is 217 Å². The lowest BCUT2D eigenvalue weighted by Gasteiger charge is -2.09. The molecule has 0 saturated heterocycles. The van der Waals surface area contributed by atoms with Crippen LogP contribution in [0.4, 0.5) is 10.5 Å². The van der Waals surface area contributed by atoms with Gasteiger partial charge < -0.3 is 30.8 Å². The van der Waals surface area contributed by atoms with Crippen molar-refractivity contribution in [3.05, 3.63) is 29.8 Å². The third-order valence-corrected chi connectivity index (χ3v) is 5.01. The van der Waals surface area contributed by atoms with Crippen LogP contribution in [0.15, 0.2) is 24.3 Å². The number of carbonyl (C=O) groups is 6. The number of anilines is 1. The fourth-order valence-corrected chi connectivity index (χ4v) is 3.22. The number of rotatable bonds is 20. The fraction of sp³-hybridized carbons (Fsp3) is 0.538. The highest BCUT2D eigenvalue weighted by Gasteiger charge is 2.10. The second kappa shape index (κ2) is 19.6. The van der Waals surface area contributed by atoms with E-state index in [0.29, 0.717) is 38.2 Å². The molecule has 0 atom stereocenters. The Kier molecular flexibility index (Phi) is 16.6. The molecule has 0 spiro atoms. The predicted octanol–water partition coefficient (Wildman–Crippen LogP) is 1.69. The monoisotopic (exact) mass is 518 g/mol. The number of nitrogens with one attached hydrogen (secondary N) is 4. The highest BCUT2D eigenvalue weighted by molar-refractivity contribution is 6.03. The van der Waals surface area contributed by atoms with Crippen molar-refractivity contribution in [2.45, 2.75) is 58.3 Å². The molecule has 0 bridgehead atoms. The number of ether oxygens (including phenoxy) is 1. The van der Waals surface area contributed by atoms with Crippen molar-refractivity contribution < 1.29 is 33.5 Å². The van der Waals surface area contributed by atoms with Gasteiger partial charge in [0, 0.05) is 44.8 Å². The summed E-state index contributed by atoms with van der Waals surface area (Å²) >= 11 is 0. The zero-order valence-corrected chi connectivity index (χ0v) is 21.4. The Morgan fingerprint density at radius 2 is 1.49 bits per heavy atom. The van der Waals surface area contributed by atoms with Crippen molar-refractivity contribution in [1.82, 2.24) is 16.0 Å². The average molecular weight is 519 g/mol. The first-order valence-corrected chi connectivity index (χ1v) is 12.5. The van der Waals surface area contributed by atoms with Gasteiger partial charge in [-0.25, -0.2) is 4.79 Å². The lowest BCUT2D eigenvalue weighted by Crippen LogP contribution is -2.36. The van der Waals surface area contributed by atoms with Crippen LogP contribution < -0.4 is 21.3 Å². The number of Topliss-reactive ketones (excluding diaryl/α,β-unsaturated/α-hetero) is 2. The zero-order chi connectivity index (χ0) is 27.3. The minimum atomic E-state index is -0.468. The maximum Gasteiger partial charge on any atom is 0.314 e. The van der Waals surface area contributed by atoms with Gasteiger partial charge in [-0.1, -0.05) is 18.6 Å². The van der Waals surface area contributed by atoms with E-state index < -0.39 is 11.8 Å². The first kappa shape index (κ1) is 31.4. The zero-order valence-electron chi connectivity index (χ0n) is 21.4. The maximum atomic E-state index is 12.0. The van der Waals surface area contributed by atoms with Crippen LogP contribution in [0, 0.1) is 0 Å². The van der Waals surface area contributed by atoms with E-state index in [1.165, 1.54) is 6.92 Å². The van der Waals surface area contributed by atoms with E-state index >= 15 is 0 Å². The number of carbonyl (C=O) groups excluding carboxylic acids is 6. The summed E-state index contributed by atoms with van der Waals surface area (Å²) in [6.45, 7) is 3.35. The number of hydrogen-bond donors (Lipinski definition) is 4. The highest BCUT2D eigenvalue weighted by Crippen LogP contribution is 2.11. The van der Waals surface area contributed by atoms with E-state index in [4.69, 9.17) is 4.74 Å². The van der Waals surface area contributed by atoms with Crippen LogP contribution in [0.5, 0.6) is 0 Å². The minimum Gasteiger partial charge on any atom is -0.380 e. The minimum absolute atomic E-state index is 0.0964. The molecule has 0 aliphatic rings. The second-order valence-corrected chi connectivity index (χ2v) is 8.53. The number of ketones is 2. The molecule has 11 nitrogen and oxygen atoms in total. The molecule has 0 unspecified atom stereocenters. The third-order valence-electron chi connectivity index (χ3n) is 5.01. The van der Waals surface area contributed by atoms with Crippen molar-refractivity contribution in [3.63, 3.8) is 0 Å². The topological polar surface area (TPSA) is 160 Å². The highest BCUT2D eigenvalue weighted by atomic mass is 16.5. The summed E-state index contributed by atoms with van der Waals surface area (Å²) in [7, 11) is 0. The summed E-state index contributed by atoms with van der Waals surface area (Å²) in [6, 6.07) is 6.41. The smallest absolute Gasteiger partial charge is 0.314 e. The van der Waals surface area contributed by atoms with Gasteiger partial charge in [-0.05, 0) is 43.9 Å². The largest absolute Gasteiger partial charge is 0.380 e. The van der Waals surface area contributed by atoms with Gasteiger partial charge in [0.15, 0.2) is 0 Å². The number of unbranched alkanes of at least 4 members (excludes halogenated alkanes) is 3. The summed E-state index contributed by atoms with van der Waals surface area (Å²) in [6.07, 6.45) is 4.35. The maximum absolute atomic E-state index is 12.0. The summed E-state index contributed by atoms with van der Waals surface area (Å²) in [5.74, 6) is -1.25. The van der Waals surface area contributed by atoms with Crippen LogP contribution in [-0.4, -0.2) is 68.5 Å². The number of benzene rings is 1. The normalized spacial score (nSPS) is 10.3. The van der Waals surface area contributed by atoms with E-state index in [9.17, 15) is 28.8 Å². The molecule has 0 fully saturated rings. The summed E-state index contributed by atoms with van der Waals surface area (Å²) in [4.78, 5) is 68.5. The molecule has 1 rings (SSSR count). The van der Waals surface area contributed by atoms with Gasteiger partial charge in [-0.2, -0.15) is 0 Å². The van der Waals surface area contributed by atoms with Gasteiger partial charge in [0.05, 0.1) is 13.0 Å². The molecule has 11 heteroatoms. The van der Waals surface area contributed by atoms with Crippen molar-refractivity contribution in [2.75, 3.05) is 38.2 Å². The molecular weight excluding hydrogens is 480 g/mol. The van der Waals surface area contributed by atoms with Crippen molar-refractivity contribution >= 4 is 41.4 Å². The SMILES string of the molecule is CC(=O)CC(=O)Cc1ccc(NC(=O)CC(=O)NCCOCCCNC(=O)NCCCCCC=O)cc1. The van der Waals surface area contributed by atoms with Crippen LogP contribution >= 0.6 is 0 Å². The molecule has 0 saturated carbocycles. The third kappa shape index (κ3) is 17.5. The Balaban J connectivity index is 2.05.